The van der Waals surface area contributed by atoms with Crippen LogP contribution in [0.15, 0.2) is 36.4 Å². The highest BCUT2D eigenvalue weighted by molar-refractivity contribution is 7.27. The molecule has 1 nitrogen and oxygen atoms in total. The lowest BCUT2D eigenvalue weighted by Crippen LogP contribution is -2.34. The highest BCUT2D eigenvalue weighted by atomic mass is 35.5. The Morgan fingerprint density at radius 3 is 2.17 bits per heavy atom. The van der Waals surface area contributed by atoms with Crippen LogP contribution in [0.25, 0.3) is 0 Å². The Morgan fingerprint density at radius 2 is 1.67 bits per heavy atom. The number of benzene rings is 1. The van der Waals surface area contributed by atoms with Gasteiger partial charge in [0, 0.05) is 10.6 Å². The van der Waals surface area contributed by atoms with E-state index < -0.39 is 8.07 Å². The molecule has 1 aromatic heterocycles. The van der Waals surface area contributed by atoms with E-state index in [9.17, 15) is 4.79 Å². The van der Waals surface area contributed by atoms with E-state index in [0.29, 0.717) is 10.6 Å². The van der Waals surface area contributed by atoms with Gasteiger partial charge in [-0.15, -0.1) is 11.3 Å². The third-order valence-electron chi connectivity index (χ3n) is 2.68. The van der Waals surface area contributed by atoms with Crippen molar-refractivity contribution in [1.29, 1.82) is 0 Å². The Morgan fingerprint density at radius 1 is 1.06 bits per heavy atom. The first kappa shape index (κ1) is 13.5. The number of ketones is 1. The van der Waals surface area contributed by atoms with Crippen molar-refractivity contribution in [3.63, 3.8) is 0 Å². The first-order valence-corrected chi connectivity index (χ1v) is 10.5. The lowest BCUT2D eigenvalue weighted by molar-refractivity contribution is 0.104. The Hall–Kier alpha value is -0.903. The number of hydrogen-bond donors (Lipinski definition) is 0. The van der Waals surface area contributed by atoms with Crippen LogP contribution in [0.5, 0.6) is 0 Å². The van der Waals surface area contributed by atoms with E-state index in [1.807, 2.05) is 6.07 Å². The van der Waals surface area contributed by atoms with Crippen LogP contribution in [0.1, 0.15) is 15.2 Å². The summed E-state index contributed by atoms with van der Waals surface area (Å²) in [5.74, 6) is 0.0844. The van der Waals surface area contributed by atoms with Gasteiger partial charge in [0.25, 0.3) is 0 Å². The molecule has 94 valence electrons. The number of rotatable bonds is 3. The molecule has 0 N–H and O–H groups in total. The SMILES string of the molecule is C[Si](C)(C)c1ccc(C(=O)c2ccc(Cl)cc2)s1. The highest BCUT2D eigenvalue weighted by Gasteiger charge is 2.20. The summed E-state index contributed by atoms with van der Waals surface area (Å²) in [6.45, 7) is 6.86. The smallest absolute Gasteiger partial charge is 0.202 e. The Bertz CT molecular complexity index is 566. The van der Waals surface area contributed by atoms with Gasteiger partial charge in [-0.2, -0.15) is 0 Å². The van der Waals surface area contributed by atoms with Crippen LogP contribution in [0.3, 0.4) is 0 Å². The predicted molar refractivity (Wildman–Crippen MR) is 82.2 cm³/mol. The standard InChI is InChI=1S/C14H15ClOSSi/c1-18(2,3)13-9-8-12(17-13)14(16)10-4-6-11(15)7-5-10/h4-9H,1-3H3. The maximum absolute atomic E-state index is 12.3. The van der Waals surface area contributed by atoms with Gasteiger partial charge in [0.1, 0.15) is 0 Å². The molecular formula is C14H15ClOSSi. The zero-order chi connectivity index (χ0) is 13.3. The largest absolute Gasteiger partial charge is 0.288 e. The molecule has 0 spiro atoms. The predicted octanol–water partition coefficient (Wildman–Crippen LogP) is 4.18. The van der Waals surface area contributed by atoms with E-state index in [-0.39, 0.29) is 5.78 Å². The van der Waals surface area contributed by atoms with Crippen molar-refractivity contribution in [3.8, 4) is 0 Å². The number of halogens is 1. The fourth-order valence-electron chi connectivity index (χ4n) is 1.61. The first-order chi connectivity index (χ1) is 8.38. The van der Waals surface area contributed by atoms with Gasteiger partial charge in [-0.05, 0) is 34.8 Å². The molecule has 1 heterocycles. The molecular weight excluding hydrogens is 280 g/mol. The van der Waals surface area contributed by atoms with Crippen molar-refractivity contribution in [1.82, 2.24) is 0 Å². The van der Waals surface area contributed by atoms with Crippen LogP contribution in [0, 0.1) is 0 Å². The third-order valence-corrected chi connectivity index (χ3v) is 7.61. The topological polar surface area (TPSA) is 17.1 Å². The van der Waals surface area contributed by atoms with Crippen LogP contribution in [-0.4, -0.2) is 13.9 Å². The summed E-state index contributed by atoms with van der Waals surface area (Å²) in [4.78, 5) is 13.1. The first-order valence-electron chi connectivity index (χ1n) is 5.78. The van der Waals surface area contributed by atoms with E-state index in [1.54, 1.807) is 35.6 Å². The molecule has 0 bridgehead atoms. The van der Waals surface area contributed by atoms with E-state index in [1.165, 1.54) is 4.50 Å². The number of thiophene rings is 1. The van der Waals surface area contributed by atoms with Crippen molar-refractivity contribution in [3.05, 3.63) is 51.9 Å². The van der Waals surface area contributed by atoms with E-state index in [4.69, 9.17) is 11.6 Å². The van der Waals surface area contributed by atoms with Crippen LogP contribution in [0.2, 0.25) is 24.7 Å². The van der Waals surface area contributed by atoms with Crippen molar-refractivity contribution in [2.24, 2.45) is 0 Å². The normalized spacial score (nSPS) is 11.6. The van der Waals surface area contributed by atoms with E-state index >= 15 is 0 Å². The number of carbonyl (C=O) groups is 1. The quantitative estimate of drug-likeness (QED) is 0.613. The minimum absolute atomic E-state index is 0.0844. The molecule has 0 fully saturated rings. The van der Waals surface area contributed by atoms with Crippen LogP contribution >= 0.6 is 22.9 Å². The summed E-state index contributed by atoms with van der Waals surface area (Å²) in [6, 6.07) is 11.1. The number of hydrogen-bond acceptors (Lipinski definition) is 2. The maximum Gasteiger partial charge on any atom is 0.202 e. The molecule has 4 heteroatoms. The molecule has 0 unspecified atom stereocenters. The molecule has 0 aliphatic carbocycles. The van der Waals surface area contributed by atoms with E-state index in [0.717, 1.165) is 4.88 Å². The third kappa shape index (κ3) is 2.91. The second kappa shape index (κ2) is 5.00. The zero-order valence-corrected chi connectivity index (χ0v) is 13.2. The average Bonchev–Trinajstić information content (AvgIpc) is 2.78. The van der Waals surface area contributed by atoms with Crippen LogP contribution < -0.4 is 4.50 Å². The van der Waals surface area contributed by atoms with Crippen molar-refractivity contribution < 1.29 is 4.79 Å². The summed E-state index contributed by atoms with van der Waals surface area (Å²) in [5, 5.41) is 0.653. The fourth-order valence-corrected chi connectivity index (χ4v) is 4.59. The Balaban J connectivity index is 2.29. The molecule has 0 saturated carbocycles. The van der Waals surface area contributed by atoms with Gasteiger partial charge in [-0.3, -0.25) is 4.79 Å². The molecule has 18 heavy (non-hydrogen) atoms. The lowest BCUT2D eigenvalue weighted by Gasteiger charge is -2.12. The van der Waals surface area contributed by atoms with Gasteiger partial charge in [-0.25, -0.2) is 0 Å². The zero-order valence-electron chi connectivity index (χ0n) is 10.7. The molecule has 0 atom stereocenters. The van der Waals surface area contributed by atoms with Gasteiger partial charge < -0.3 is 0 Å². The van der Waals surface area contributed by atoms with Gasteiger partial charge in [-0.1, -0.05) is 37.3 Å². The molecule has 2 rings (SSSR count). The van der Waals surface area contributed by atoms with Crippen LogP contribution in [0.4, 0.5) is 0 Å². The molecule has 0 radical (unpaired) electrons. The van der Waals surface area contributed by atoms with Crippen molar-refractivity contribution >= 4 is 41.3 Å². The van der Waals surface area contributed by atoms with Gasteiger partial charge in [0.05, 0.1) is 13.0 Å². The molecule has 0 aliphatic rings. The van der Waals surface area contributed by atoms with Crippen LogP contribution in [-0.2, 0) is 0 Å². The Kier molecular flexibility index (Phi) is 3.75. The Labute approximate surface area is 117 Å². The molecule has 0 saturated heterocycles. The van der Waals surface area contributed by atoms with Gasteiger partial charge in [0.2, 0.25) is 5.78 Å². The molecule has 2 aromatic rings. The lowest BCUT2D eigenvalue weighted by atomic mass is 10.1. The van der Waals surface area contributed by atoms with Crippen molar-refractivity contribution in [2.75, 3.05) is 0 Å². The van der Waals surface area contributed by atoms with Crippen molar-refractivity contribution in [2.45, 2.75) is 19.6 Å². The summed E-state index contributed by atoms with van der Waals surface area (Å²) in [5.41, 5.74) is 0.698. The van der Waals surface area contributed by atoms with Gasteiger partial charge >= 0.3 is 0 Å². The molecule has 0 aliphatic heterocycles. The molecule has 1 aromatic carbocycles. The number of carbonyl (C=O) groups excluding carboxylic acids is 1. The minimum Gasteiger partial charge on any atom is -0.288 e. The monoisotopic (exact) mass is 294 g/mol. The average molecular weight is 295 g/mol. The summed E-state index contributed by atoms with van der Waals surface area (Å²) in [7, 11) is -1.32. The second-order valence-electron chi connectivity index (χ2n) is 5.25. The van der Waals surface area contributed by atoms with Gasteiger partial charge in [0.15, 0.2) is 0 Å². The highest BCUT2D eigenvalue weighted by Crippen LogP contribution is 2.18. The summed E-state index contributed by atoms with van der Waals surface area (Å²) < 4.78 is 1.36. The van der Waals surface area contributed by atoms with E-state index in [2.05, 4.69) is 25.7 Å². The maximum atomic E-state index is 12.3. The minimum atomic E-state index is -1.32. The summed E-state index contributed by atoms with van der Waals surface area (Å²) in [6.07, 6.45) is 0. The molecule has 0 amide bonds. The fraction of sp³-hybridized carbons (Fsp3) is 0.214. The summed E-state index contributed by atoms with van der Waals surface area (Å²) >= 11 is 7.45. The second-order valence-corrected chi connectivity index (χ2v) is 12.2.